The maximum Gasteiger partial charge on any atom is 0.0458 e. The summed E-state index contributed by atoms with van der Waals surface area (Å²) in [6.07, 6.45) is 0.880. The Morgan fingerprint density at radius 1 is 1.26 bits per heavy atom. The fraction of sp³-hybridized carbons (Fsp3) is 0.333. The third-order valence-electron chi connectivity index (χ3n) is 3.11. The fourth-order valence-electron chi connectivity index (χ4n) is 2.15. The predicted octanol–water partition coefficient (Wildman–Crippen LogP) is 5.26. The average molecular weight is 314 g/mol. The van der Waals surface area contributed by atoms with Gasteiger partial charge in [0.2, 0.25) is 0 Å². The Labute approximate surface area is 128 Å². The normalized spacial score (nSPS) is 12.6. The molecule has 1 nitrogen and oxygen atoms in total. The molecule has 0 fully saturated rings. The summed E-state index contributed by atoms with van der Waals surface area (Å²) in [6.45, 7) is 5.21. The van der Waals surface area contributed by atoms with Crippen molar-refractivity contribution in [3.63, 3.8) is 0 Å². The van der Waals surface area contributed by atoms with Gasteiger partial charge in [0.15, 0.2) is 0 Å². The zero-order chi connectivity index (χ0) is 13.8. The molecule has 0 radical (unpaired) electrons. The first-order valence-corrected chi connectivity index (χ1v) is 7.96. The summed E-state index contributed by atoms with van der Waals surface area (Å²) in [4.78, 5) is 1.38. The molecule has 1 N–H and O–H groups in total. The monoisotopic (exact) mass is 313 g/mol. The molecule has 1 aromatic carbocycles. The standard InChI is InChI=1S/C15H17Cl2NS/c1-3-18-14(15-10(2)6-7-19-15)8-11-4-5-12(16)9-13(11)17/h4-7,9,14,18H,3,8H2,1-2H3. The first-order chi connectivity index (χ1) is 9.11. The summed E-state index contributed by atoms with van der Waals surface area (Å²) >= 11 is 14.0. The zero-order valence-electron chi connectivity index (χ0n) is 11.0. The Morgan fingerprint density at radius 3 is 2.63 bits per heavy atom. The first kappa shape index (κ1) is 14.9. The molecule has 0 saturated heterocycles. The highest BCUT2D eigenvalue weighted by Gasteiger charge is 2.16. The quantitative estimate of drug-likeness (QED) is 0.794. The smallest absolute Gasteiger partial charge is 0.0458 e. The number of halogens is 2. The number of aryl methyl sites for hydroxylation is 1. The summed E-state index contributed by atoms with van der Waals surface area (Å²) in [5.41, 5.74) is 2.46. The van der Waals surface area contributed by atoms with Crippen LogP contribution in [0.15, 0.2) is 29.6 Å². The molecular formula is C15H17Cl2NS. The lowest BCUT2D eigenvalue weighted by Gasteiger charge is -2.18. The largest absolute Gasteiger partial charge is 0.309 e. The third kappa shape index (κ3) is 3.73. The third-order valence-corrected chi connectivity index (χ3v) is 4.83. The molecule has 2 aromatic rings. The second-order valence-electron chi connectivity index (χ2n) is 4.52. The van der Waals surface area contributed by atoms with E-state index in [4.69, 9.17) is 23.2 Å². The van der Waals surface area contributed by atoms with Crippen LogP contribution in [-0.4, -0.2) is 6.54 Å². The Balaban J connectivity index is 2.24. The van der Waals surface area contributed by atoms with E-state index in [1.165, 1.54) is 10.4 Å². The fourth-order valence-corrected chi connectivity index (χ4v) is 3.64. The zero-order valence-corrected chi connectivity index (χ0v) is 13.4. The Kier molecular flexibility index (Phi) is 5.28. The number of thiophene rings is 1. The van der Waals surface area contributed by atoms with E-state index in [-0.39, 0.29) is 0 Å². The molecule has 102 valence electrons. The number of likely N-dealkylation sites (N-methyl/N-ethyl adjacent to an activating group) is 1. The van der Waals surface area contributed by atoms with Crippen molar-refractivity contribution in [2.24, 2.45) is 0 Å². The van der Waals surface area contributed by atoms with Crippen molar-refractivity contribution in [1.82, 2.24) is 5.32 Å². The lowest BCUT2D eigenvalue weighted by atomic mass is 10.0. The van der Waals surface area contributed by atoms with Crippen LogP contribution in [0.25, 0.3) is 0 Å². The first-order valence-electron chi connectivity index (χ1n) is 6.33. The molecule has 4 heteroatoms. The Hall–Kier alpha value is -0.540. The minimum absolute atomic E-state index is 0.309. The number of rotatable bonds is 5. The van der Waals surface area contributed by atoms with Crippen LogP contribution in [0.4, 0.5) is 0 Å². The average Bonchev–Trinajstić information content (AvgIpc) is 2.78. The Bertz CT molecular complexity index is 551. The van der Waals surface area contributed by atoms with E-state index in [1.54, 1.807) is 11.3 Å². The van der Waals surface area contributed by atoms with Gasteiger partial charge < -0.3 is 5.32 Å². The van der Waals surface area contributed by atoms with E-state index >= 15 is 0 Å². The second kappa shape index (κ2) is 6.76. The summed E-state index contributed by atoms with van der Waals surface area (Å²) in [6, 6.07) is 8.19. The van der Waals surface area contributed by atoms with Crippen LogP contribution in [-0.2, 0) is 6.42 Å². The van der Waals surface area contributed by atoms with Crippen molar-refractivity contribution in [2.45, 2.75) is 26.3 Å². The minimum Gasteiger partial charge on any atom is -0.309 e. The van der Waals surface area contributed by atoms with Gasteiger partial charge in [0, 0.05) is 21.0 Å². The highest BCUT2D eigenvalue weighted by atomic mass is 35.5. The summed E-state index contributed by atoms with van der Waals surface area (Å²) < 4.78 is 0. The van der Waals surface area contributed by atoms with Crippen molar-refractivity contribution in [1.29, 1.82) is 0 Å². The van der Waals surface area contributed by atoms with E-state index in [1.807, 2.05) is 18.2 Å². The second-order valence-corrected chi connectivity index (χ2v) is 6.31. The lowest BCUT2D eigenvalue weighted by Crippen LogP contribution is -2.22. The molecule has 19 heavy (non-hydrogen) atoms. The number of hydrogen-bond acceptors (Lipinski definition) is 2. The van der Waals surface area contributed by atoms with Crippen LogP contribution in [0.3, 0.4) is 0 Å². The molecule has 0 saturated carbocycles. The maximum atomic E-state index is 6.27. The van der Waals surface area contributed by atoms with Crippen LogP contribution in [0.2, 0.25) is 10.0 Å². The molecular weight excluding hydrogens is 297 g/mol. The molecule has 0 aliphatic heterocycles. The number of hydrogen-bond donors (Lipinski definition) is 1. The van der Waals surface area contributed by atoms with E-state index in [0.29, 0.717) is 11.1 Å². The van der Waals surface area contributed by atoms with Gasteiger partial charge in [0.1, 0.15) is 0 Å². The lowest BCUT2D eigenvalue weighted by molar-refractivity contribution is 0.556. The van der Waals surface area contributed by atoms with Crippen LogP contribution < -0.4 is 5.32 Å². The van der Waals surface area contributed by atoms with E-state index in [2.05, 4.69) is 30.6 Å². The topological polar surface area (TPSA) is 12.0 Å². The van der Waals surface area contributed by atoms with Crippen molar-refractivity contribution >= 4 is 34.5 Å². The van der Waals surface area contributed by atoms with Gasteiger partial charge in [-0.05, 0) is 54.6 Å². The van der Waals surface area contributed by atoms with Crippen molar-refractivity contribution in [3.05, 3.63) is 55.7 Å². The Morgan fingerprint density at radius 2 is 2.05 bits per heavy atom. The van der Waals surface area contributed by atoms with E-state index in [0.717, 1.165) is 23.6 Å². The van der Waals surface area contributed by atoms with Gasteiger partial charge >= 0.3 is 0 Å². The van der Waals surface area contributed by atoms with Crippen LogP contribution >= 0.6 is 34.5 Å². The molecule has 2 rings (SSSR count). The molecule has 0 aliphatic carbocycles. The van der Waals surface area contributed by atoms with Crippen LogP contribution in [0.5, 0.6) is 0 Å². The van der Waals surface area contributed by atoms with Gasteiger partial charge in [0.25, 0.3) is 0 Å². The van der Waals surface area contributed by atoms with Gasteiger partial charge in [-0.25, -0.2) is 0 Å². The van der Waals surface area contributed by atoms with Gasteiger partial charge in [-0.3, -0.25) is 0 Å². The van der Waals surface area contributed by atoms with Crippen molar-refractivity contribution in [3.8, 4) is 0 Å². The highest BCUT2D eigenvalue weighted by molar-refractivity contribution is 7.10. The summed E-state index contributed by atoms with van der Waals surface area (Å²) in [7, 11) is 0. The molecule has 0 spiro atoms. The molecule has 1 heterocycles. The van der Waals surface area contributed by atoms with Gasteiger partial charge in [-0.15, -0.1) is 11.3 Å². The van der Waals surface area contributed by atoms with Crippen LogP contribution in [0, 0.1) is 6.92 Å². The predicted molar refractivity (Wildman–Crippen MR) is 85.6 cm³/mol. The van der Waals surface area contributed by atoms with Crippen LogP contribution in [0.1, 0.15) is 29.0 Å². The highest BCUT2D eigenvalue weighted by Crippen LogP contribution is 2.30. The molecule has 1 aromatic heterocycles. The van der Waals surface area contributed by atoms with Gasteiger partial charge in [-0.1, -0.05) is 36.2 Å². The maximum absolute atomic E-state index is 6.27. The molecule has 0 aliphatic rings. The van der Waals surface area contributed by atoms with E-state index in [9.17, 15) is 0 Å². The number of nitrogens with one attached hydrogen (secondary N) is 1. The molecule has 1 unspecified atom stereocenters. The van der Waals surface area contributed by atoms with E-state index < -0.39 is 0 Å². The molecule has 1 atom stereocenters. The SMILES string of the molecule is CCNC(Cc1ccc(Cl)cc1Cl)c1sccc1C. The van der Waals surface area contributed by atoms with Gasteiger partial charge in [0.05, 0.1) is 0 Å². The number of benzene rings is 1. The molecule has 0 amide bonds. The van der Waals surface area contributed by atoms with Gasteiger partial charge in [-0.2, -0.15) is 0 Å². The van der Waals surface area contributed by atoms with Crippen molar-refractivity contribution < 1.29 is 0 Å². The summed E-state index contributed by atoms with van der Waals surface area (Å²) in [5.74, 6) is 0. The minimum atomic E-state index is 0.309. The molecule has 0 bridgehead atoms. The van der Waals surface area contributed by atoms with Crippen molar-refractivity contribution in [2.75, 3.05) is 6.54 Å². The summed E-state index contributed by atoms with van der Waals surface area (Å²) in [5, 5.41) is 7.09.